The molecule has 0 spiro atoms. The van der Waals surface area contributed by atoms with E-state index < -0.39 is 17.5 Å². The van der Waals surface area contributed by atoms with Crippen molar-refractivity contribution in [2.24, 2.45) is 0 Å². The number of amides is 1. The van der Waals surface area contributed by atoms with Gasteiger partial charge in [-0.2, -0.15) is 0 Å². The standard InChI is InChI=1S/C19H16F2N4O2S/c20-14-2-1-13(10-15(14)21)23-18(26)16-11-28-19(24-16)12-3-4-22-17(9-12)25-5-7-27-8-6-25/h1-4,9-11H,5-8H2,(H,23,26). The molecule has 0 radical (unpaired) electrons. The number of rotatable bonds is 4. The molecule has 144 valence electrons. The van der Waals surface area contributed by atoms with Crippen molar-refractivity contribution in [3.63, 3.8) is 0 Å². The second kappa shape index (κ2) is 7.99. The van der Waals surface area contributed by atoms with Crippen molar-refractivity contribution in [3.05, 3.63) is 59.2 Å². The van der Waals surface area contributed by atoms with Crippen LogP contribution in [0.2, 0.25) is 0 Å². The van der Waals surface area contributed by atoms with E-state index >= 15 is 0 Å². The minimum atomic E-state index is -1.02. The largest absolute Gasteiger partial charge is 0.378 e. The van der Waals surface area contributed by atoms with Gasteiger partial charge in [0, 0.05) is 42.0 Å². The van der Waals surface area contributed by atoms with Crippen LogP contribution in [0.4, 0.5) is 20.3 Å². The van der Waals surface area contributed by atoms with Gasteiger partial charge in [-0.25, -0.2) is 18.7 Å². The molecule has 1 aliphatic heterocycles. The normalized spacial score (nSPS) is 14.1. The average Bonchev–Trinajstić information content (AvgIpc) is 3.22. The number of anilines is 2. The average molecular weight is 402 g/mol. The number of aromatic nitrogens is 2. The Labute approximate surface area is 163 Å². The predicted octanol–water partition coefficient (Wildman–Crippen LogP) is 3.57. The van der Waals surface area contributed by atoms with Gasteiger partial charge in [-0.3, -0.25) is 4.79 Å². The smallest absolute Gasteiger partial charge is 0.275 e. The molecule has 1 aliphatic rings. The van der Waals surface area contributed by atoms with Gasteiger partial charge in [0.15, 0.2) is 11.6 Å². The quantitative estimate of drug-likeness (QED) is 0.723. The lowest BCUT2D eigenvalue weighted by Crippen LogP contribution is -2.36. The lowest BCUT2D eigenvalue weighted by molar-refractivity contribution is 0.102. The zero-order chi connectivity index (χ0) is 19.5. The van der Waals surface area contributed by atoms with Crippen molar-refractivity contribution in [2.75, 3.05) is 36.5 Å². The second-order valence-electron chi connectivity index (χ2n) is 6.12. The number of halogens is 2. The molecule has 1 amide bonds. The molecule has 2 aromatic heterocycles. The van der Waals surface area contributed by atoms with E-state index in [9.17, 15) is 13.6 Å². The minimum absolute atomic E-state index is 0.164. The monoisotopic (exact) mass is 402 g/mol. The number of hydrogen-bond donors (Lipinski definition) is 1. The van der Waals surface area contributed by atoms with Crippen molar-refractivity contribution in [2.45, 2.75) is 0 Å². The Balaban J connectivity index is 1.50. The minimum Gasteiger partial charge on any atom is -0.378 e. The van der Waals surface area contributed by atoms with Crippen LogP contribution in [0.25, 0.3) is 10.6 Å². The van der Waals surface area contributed by atoms with Crippen LogP contribution in [0, 0.1) is 11.6 Å². The fraction of sp³-hybridized carbons (Fsp3) is 0.211. The summed E-state index contributed by atoms with van der Waals surface area (Å²) in [7, 11) is 0. The molecule has 0 aliphatic carbocycles. The van der Waals surface area contributed by atoms with Gasteiger partial charge < -0.3 is 15.0 Å². The number of nitrogens with one attached hydrogen (secondary N) is 1. The highest BCUT2D eigenvalue weighted by Crippen LogP contribution is 2.27. The van der Waals surface area contributed by atoms with Crippen molar-refractivity contribution < 1.29 is 18.3 Å². The van der Waals surface area contributed by atoms with Gasteiger partial charge in [0.25, 0.3) is 5.91 Å². The van der Waals surface area contributed by atoms with Gasteiger partial charge in [0.2, 0.25) is 0 Å². The zero-order valence-electron chi connectivity index (χ0n) is 14.7. The fourth-order valence-corrected chi connectivity index (χ4v) is 3.59. The van der Waals surface area contributed by atoms with E-state index in [0.29, 0.717) is 18.2 Å². The summed E-state index contributed by atoms with van der Waals surface area (Å²) in [4.78, 5) is 23.3. The molecule has 0 atom stereocenters. The van der Waals surface area contributed by atoms with Crippen LogP contribution in [0.3, 0.4) is 0 Å². The number of benzene rings is 1. The van der Waals surface area contributed by atoms with E-state index in [-0.39, 0.29) is 11.4 Å². The highest BCUT2D eigenvalue weighted by atomic mass is 32.1. The number of nitrogens with zero attached hydrogens (tertiary/aromatic N) is 3. The molecule has 9 heteroatoms. The molecular weight excluding hydrogens is 386 g/mol. The Morgan fingerprint density at radius 2 is 1.96 bits per heavy atom. The lowest BCUT2D eigenvalue weighted by Gasteiger charge is -2.27. The molecule has 0 saturated carbocycles. The summed E-state index contributed by atoms with van der Waals surface area (Å²) in [6.45, 7) is 2.88. The number of carbonyl (C=O) groups is 1. The third kappa shape index (κ3) is 4.00. The zero-order valence-corrected chi connectivity index (χ0v) is 15.5. The van der Waals surface area contributed by atoms with Gasteiger partial charge in [-0.1, -0.05) is 0 Å². The fourth-order valence-electron chi connectivity index (χ4n) is 2.80. The highest BCUT2D eigenvalue weighted by molar-refractivity contribution is 7.13. The van der Waals surface area contributed by atoms with Gasteiger partial charge in [0.05, 0.1) is 13.2 Å². The first-order valence-corrected chi connectivity index (χ1v) is 9.49. The summed E-state index contributed by atoms with van der Waals surface area (Å²) in [5.74, 6) is -1.65. The molecule has 4 rings (SSSR count). The van der Waals surface area contributed by atoms with Gasteiger partial charge in [0.1, 0.15) is 16.5 Å². The topological polar surface area (TPSA) is 67.4 Å². The molecule has 3 aromatic rings. The van der Waals surface area contributed by atoms with Crippen LogP contribution >= 0.6 is 11.3 Å². The van der Waals surface area contributed by atoms with E-state index in [1.165, 1.54) is 17.4 Å². The molecule has 28 heavy (non-hydrogen) atoms. The number of pyridine rings is 1. The van der Waals surface area contributed by atoms with Crippen LogP contribution in [0.15, 0.2) is 41.9 Å². The Morgan fingerprint density at radius 1 is 1.14 bits per heavy atom. The van der Waals surface area contributed by atoms with Crippen molar-refractivity contribution in [1.29, 1.82) is 0 Å². The summed E-state index contributed by atoms with van der Waals surface area (Å²) in [6.07, 6.45) is 1.71. The lowest BCUT2D eigenvalue weighted by atomic mass is 10.2. The Bertz CT molecular complexity index is 1010. The maximum atomic E-state index is 13.3. The van der Waals surface area contributed by atoms with Gasteiger partial charge in [-0.05, 0) is 24.3 Å². The number of thiazole rings is 1. The summed E-state index contributed by atoms with van der Waals surface area (Å²) in [5, 5.41) is 4.82. The molecule has 6 nitrogen and oxygen atoms in total. The van der Waals surface area contributed by atoms with E-state index in [2.05, 4.69) is 20.2 Å². The summed E-state index contributed by atoms with van der Waals surface area (Å²) >= 11 is 1.33. The Kier molecular flexibility index (Phi) is 5.27. The number of ether oxygens (including phenoxy) is 1. The number of carbonyl (C=O) groups excluding carboxylic acids is 1. The van der Waals surface area contributed by atoms with Crippen LogP contribution in [0.5, 0.6) is 0 Å². The first-order valence-electron chi connectivity index (χ1n) is 8.61. The van der Waals surface area contributed by atoms with Crippen LogP contribution in [0.1, 0.15) is 10.5 Å². The Morgan fingerprint density at radius 3 is 2.75 bits per heavy atom. The van der Waals surface area contributed by atoms with Crippen molar-refractivity contribution in [1.82, 2.24) is 9.97 Å². The molecular formula is C19H16F2N4O2S. The van der Waals surface area contributed by atoms with Crippen molar-refractivity contribution in [3.8, 4) is 10.6 Å². The third-order valence-corrected chi connectivity index (χ3v) is 5.13. The van der Waals surface area contributed by atoms with E-state index in [0.717, 1.165) is 36.6 Å². The van der Waals surface area contributed by atoms with Crippen LogP contribution < -0.4 is 10.2 Å². The summed E-state index contributed by atoms with van der Waals surface area (Å²) in [5.41, 5.74) is 1.22. The maximum Gasteiger partial charge on any atom is 0.275 e. The van der Waals surface area contributed by atoms with E-state index in [1.807, 2.05) is 12.1 Å². The molecule has 0 bridgehead atoms. The number of hydrogen-bond acceptors (Lipinski definition) is 6. The predicted molar refractivity (Wildman–Crippen MR) is 103 cm³/mol. The van der Waals surface area contributed by atoms with E-state index in [1.54, 1.807) is 11.6 Å². The molecule has 1 aromatic carbocycles. The molecule has 1 N–H and O–H groups in total. The summed E-state index contributed by atoms with van der Waals surface area (Å²) in [6, 6.07) is 6.95. The Hall–Kier alpha value is -2.91. The second-order valence-corrected chi connectivity index (χ2v) is 6.98. The molecule has 0 unspecified atom stereocenters. The van der Waals surface area contributed by atoms with Gasteiger partial charge >= 0.3 is 0 Å². The summed E-state index contributed by atoms with van der Waals surface area (Å²) < 4.78 is 31.7. The van der Waals surface area contributed by atoms with Crippen molar-refractivity contribution >= 4 is 28.7 Å². The van der Waals surface area contributed by atoms with Crippen LogP contribution in [-0.4, -0.2) is 42.2 Å². The number of morpholine rings is 1. The maximum absolute atomic E-state index is 13.3. The third-order valence-electron chi connectivity index (χ3n) is 4.24. The SMILES string of the molecule is O=C(Nc1ccc(F)c(F)c1)c1csc(-c2ccnc(N3CCOCC3)c2)n1. The van der Waals surface area contributed by atoms with Crippen LogP contribution in [-0.2, 0) is 4.74 Å². The molecule has 3 heterocycles. The molecule has 1 fully saturated rings. The van der Waals surface area contributed by atoms with E-state index in [4.69, 9.17) is 4.74 Å². The highest BCUT2D eigenvalue weighted by Gasteiger charge is 2.16. The van der Waals surface area contributed by atoms with Gasteiger partial charge in [-0.15, -0.1) is 11.3 Å². The first kappa shape index (κ1) is 18.5. The molecule has 1 saturated heterocycles. The first-order chi connectivity index (χ1) is 13.6.